The smallest absolute Gasteiger partial charge is 0.216 e. The minimum Gasteiger partial charge on any atom is -0.305 e. The second kappa shape index (κ2) is 6.59. The fourth-order valence-electron chi connectivity index (χ4n) is 1.84. The monoisotopic (exact) mass is 252 g/mol. The molecule has 0 aromatic carbocycles. The molecule has 0 spiro atoms. The zero-order valence-corrected chi connectivity index (χ0v) is 11.4. The molecule has 3 nitrogen and oxygen atoms in total. The predicted octanol–water partition coefficient (Wildman–Crippen LogP) is 2.35. The minimum atomic E-state index is -0.496. The van der Waals surface area contributed by atoms with Crippen LogP contribution in [0.5, 0.6) is 0 Å². The summed E-state index contributed by atoms with van der Waals surface area (Å²) in [7, 11) is 0. The number of rotatable bonds is 6. The maximum absolute atomic E-state index is 13.5. The van der Waals surface area contributed by atoms with E-state index in [2.05, 4.69) is 10.3 Å². The average Bonchev–Trinajstić information content (AvgIpc) is 2.29. The number of aromatic nitrogens is 1. The fourth-order valence-corrected chi connectivity index (χ4v) is 1.84. The van der Waals surface area contributed by atoms with E-state index in [-0.39, 0.29) is 23.8 Å². The summed E-state index contributed by atoms with van der Waals surface area (Å²) in [6.45, 7) is 7.66. The van der Waals surface area contributed by atoms with Crippen molar-refractivity contribution in [2.24, 2.45) is 5.92 Å². The van der Waals surface area contributed by atoms with E-state index in [0.29, 0.717) is 12.0 Å². The van der Waals surface area contributed by atoms with Gasteiger partial charge >= 0.3 is 0 Å². The molecule has 1 atom stereocenters. The van der Waals surface area contributed by atoms with Gasteiger partial charge in [-0.2, -0.15) is 4.39 Å². The summed E-state index contributed by atoms with van der Waals surface area (Å²) in [4.78, 5) is 15.7. The van der Waals surface area contributed by atoms with Crippen molar-refractivity contribution in [3.63, 3.8) is 0 Å². The first kappa shape index (κ1) is 14.8. The highest BCUT2D eigenvalue weighted by atomic mass is 19.1. The Morgan fingerprint density at radius 3 is 2.56 bits per heavy atom. The van der Waals surface area contributed by atoms with Crippen LogP contribution in [0.2, 0.25) is 0 Å². The Labute approximate surface area is 108 Å². The molecule has 1 unspecified atom stereocenters. The van der Waals surface area contributed by atoms with Gasteiger partial charge in [-0.15, -0.1) is 0 Å². The van der Waals surface area contributed by atoms with E-state index < -0.39 is 5.95 Å². The van der Waals surface area contributed by atoms with Crippen LogP contribution in [0.4, 0.5) is 4.39 Å². The molecule has 4 heteroatoms. The Hall–Kier alpha value is -1.29. The molecule has 0 amide bonds. The topological polar surface area (TPSA) is 42.0 Å². The van der Waals surface area contributed by atoms with Crippen LogP contribution in [0, 0.1) is 11.9 Å². The summed E-state index contributed by atoms with van der Waals surface area (Å²) in [6.07, 6.45) is 1.75. The number of ketones is 1. The lowest BCUT2D eigenvalue weighted by atomic mass is 9.95. The highest BCUT2D eigenvalue weighted by Crippen LogP contribution is 2.11. The molecule has 0 saturated carbocycles. The lowest BCUT2D eigenvalue weighted by Crippen LogP contribution is -2.44. The number of carbonyl (C=O) groups excluding carboxylic acids is 1. The summed E-state index contributed by atoms with van der Waals surface area (Å²) in [6, 6.07) is 3.18. The Morgan fingerprint density at radius 2 is 2.06 bits per heavy atom. The molecule has 1 aromatic rings. The van der Waals surface area contributed by atoms with E-state index in [0.717, 1.165) is 0 Å². The highest BCUT2D eigenvalue weighted by molar-refractivity contribution is 5.86. The third kappa shape index (κ3) is 4.18. The number of nitrogens with one attached hydrogen (secondary N) is 1. The summed E-state index contributed by atoms with van der Waals surface area (Å²) in [5, 5.41) is 3.19. The molecule has 1 rings (SSSR count). The van der Waals surface area contributed by atoms with Gasteiger partial charge in [0.05, 0.1) is 6.04 Å². The molecule has 0 aliphatic rings. The first-order valence-electron chi connectivity index (χ1n) is 6.31. The van der Waals surface area contributed by atoms with Crippen molar-refractivity contribution in [1.29, 1.82) is 0 Å². The van der Waals surface area contributed by atoms with Crippen LogP contribution in [0.25, 0.3) is 0 Å². The van der Waals surface area contributed by atoms with Gasteiger partial charge in [0.2, 0.25) is 5.95 Å². The second-order valence-corrected chi connectivity index (χ2v) is 5.09. The van der Waals surface area contributed by atoms with Gasteiger partial charge in [0, 0.05) is 23.7 Å². The largest absolute Gasteiger partial charge is 0.305 e. The molecule has 1 heterocycles. The van der Waals surface area contributed by atoms with Crippen LogP contribution in [0.3, 0.4) is 0 Å². The Morgan fingerprint density at radius 1 is 1.39 bits per heavy atom. The molecule has 100 valence electrons. The predicted molar refractivity (Wildman–Crippen MR) is 69.8 cm³/mol. The van der Waals surface area contributed by atoms with Crippen molar-refractivity contribution >= 4 is 5.78 Å². The van der Waals surface area contributed by atoms with Gasteiger partial charge in [-0.25, -0.2) is 4.98 Å². The molecular weight excluding hydrogens is 231 g/mol. The first-order valence-corrected chi connectivity index (χ1v) is 6.31. The number of hydrogen-bond donors (Lipinski definition) is 1. The Kier molecular flexibility index (Phi) is 5.41. The van der Waals surface area contributed by atoms with E-state index in [1.54, 1.807) is 12.1 Å². The highest BCUT2D eigenvalue weighted by Gasteiger charge is 2.23. The minimum absolute atomic E-state index is 0.0685. The number of pyridine rings is 1. The lowest BCUT2D eigenvalue weighted by Gasteiger charge is -2.22. The lowest BCUT2D eigenvalue weighted by molar-refractivity contribution is -0.124. The SMILES string of the molecule is CC(C)NC(Cc1cccnc1F)C(=O)C(C)C. The van der Waals surface area contributed by atoms with E-state index in [1.807, 2.05) is 27.7 Å². The number of halogens is 1. The molecule has 0 bridgehead atoms. The Balaban J connectivity index is 2.85. The van der Waals surface area contributed by atoms with Crippen LogP contribution in [-0.2, 0) is 11.2 Å². The molecule has 1 N–H and O–H groups in total. The molecular formula is C14H21FN2O. The first-order chi connectivity index (χ1) is 8.41. The third-order valence-corrected chi connectivity index (χ3v) is 2.71. The summed E-state index contributed by atoms with van der Waals surface area (Å²) < 4.78 is 13.5. The van der Waals surface area contributed by atoms with Crippen LogP contribution < -0.4 is 5.32 Å². The van der Waals surface area contributed by atoms with E-state index in [9.17, 15) is 9.18 Å². The number of nitrogens with zero attached hydrogens (tertiary/aromatic N) is 1. The van der Waals surface area contributed by atoms with Crippen molar-refractivity contribution in [3.8, 4) is 0 Å². The number of carbonyl (C=O) groups is 1. The normalized spacial score (nSPS) is 13.1. The zero-order chi connectivity index (χ0) is 13.7. The maximum atomic E-state index is 13.5. The van der Waals surface area contributed by atoms with Crippen molar-refractivity contribution in [2.75, 3.05) is 0 Å². The van der Waals surface area contributed by atoms with E-state index >= 15 is 0 Å². The van der Waals surface area contributed by atoms with Gasteiger partial charge in [0.1, 0.15) is 0 Å². The van der Waals surface area contributed by atoms with Crippen LogP contribution >= 0.6 is 0 Å². The molecule has 0 aliphatic carbocycles. The molecule has 18 heavy (non-hydrogen) atoms. The van der Waals surface area contributed by atoms with Gasteiger partial charge in [-0.1, -0.05) is 33.8 Å². The summed E-state index contributed by atoms with van der Waals surface area (Å²) in [5.74, 6) is -0.461. The molecule has 0 aliphatic heterocycles. The van der Waals surface area contributed by atoms with Crippen molar-refractivity contribution in [2.45, 2.75) is 46.2 Å². The molecule has 1 aromatic heterocycles. The van der Waals surface area contributed by atoms with Gasteiger partial charge in [0.25, 0.3) is 0 Å². The molecule has 0 fully saturated rings. The van der Waals surface area contributed by atoms with Crippen LogP contribution in [0.15, 0.2) is 18.3 Å². The second-order valence-electron chi connectivity index (χ2n) is 5.09. The average molecular weight is 252 g/mol. The zero-order valence-electron chi connectivity index (χ0n) is 11.4. The van der Waals surface area contributed by atoms with Crippen molar-refractivity contribution in [3.05, 3.63) is 29.8 Å². The standard InChI is InChI=1S/C14H21FN2O/c1-9(2)13(18)12(17-10(3)4)8-11-6-5-7-16-14(11)15/h5-7,9-10,12,17H,8H2,1-4H3. The van der Waals surface area contributed by atoms with Crippen LogP contribution in [0.1, 0.15) is 33.3 Å². The van der Waals surface area contributed by atoms with Gasteiger partial charge in [0.15, 0.2) is 5.78 Å². The maximum Gasteiger partial charge on any atom is 0.216 e. The fraction of sp³-hybridized carbons (Fsp3) is 0.571. The summed E-state index contributed by atoms with van der Waals surface area (Å²) in [5.41, 5.74) is 0.477. The van der Waals surface area contributed by atoms with E-state index in [4.69, 9.17) is 0 Å². The number of Topliss-reactive ketones (excluding diaryl/α,β-unsaturated/α-hetero) is 1. The molecule has 0 saturated heterocycles. The van der Waals surface area contributed by atoms with Crippen LogP contribution in [-0.4, -0.2) is 22.9 Å². The summed E-state index contributed by atoms with van der Waals surface area (Å²) >= 11 is 0. The Bertz CT molecular complexity index is 405. The van der Waals surface area contributed by atoms with Gasteiger partial charge < -0.3 is 5.32 Å². The number of hydrogen-bond acceptors (Lipinski definition) is 3. The van der Waals surface area contributed by atoms with Gasteiger partial charge in [-0.05, 0) is 12.5 Å². The van der Waals surface area contributed by atoms with Crippen molar-refractivity contribution < 1.29 is 9.18 Å². The van der Waals surface area contributed by atoms with Crippen molar-refractivity contribution in [1.82, 2.24) is 10.3 Å². The van der Waals surface area contributed by atoms with E-state index in [1.165, 1.54) is 6.20 Å². The quantitative estimate of drug-likeness (QED) is 0.790. The third-order valence-electron chi connectivity index (χ3n) is 2.71. The molecule has 0 radical (unpaired) electrons. The van der Waals surface area contributed by atoms with Gasteiger partial charge in [-0.3, -0.25) is 4.79 Å².